The second kappa shape index (κ2) is 8.44. The molecule has 2 aliphatic rings. The first kappa shape index (κ1) is 22.4. The Morgan fingerprint density at radius 1 is 1.23 bits per heavy atom. The fourth-order valence-corrected chi connectivity index (χ4v) is 3.97. The topological polar surface area (TPSA) is 46.5 Å². The average molecular weight is 426 g/mol. The number of carboxylic acids is 1. The number of hydrogen-bond acceptors (Lipinski definition) is 2. The van der Waals surface area contributed by atoms with E-state index in [4.69, 9.17) is 4.74 Å². The zero-order chi connectivity index (χ0) is 22.1. The molecule has 0 amide bonds. The van der Waals surface area contributed by atoms with Crippen LogP contribution in [-0.2, 0) is 9.53 Å². The van der Waals surface area contributed by atoms with Crippen LogP contribution in [0.3, 0.4) is 0 Å². The quantitative estimate of drug-likeness (QED) is 0.491. The fraction of sp³-hybridized carbons (Fsp3) is 0.522. The summed E-state index contributed by atoms with van der Waals surface area (Å²) in [6.07, 6.45) is -3.56. The summed E-state index contributed by atoms with van der Waals surface area (Å²) < 4.78 is 64.3. The lowest BCUT2D eigenvalue weighted by Crippen LogP contribution is -2.50. The molecule has 3 rings (SSSR count). The highest BCUT2D eigenvalue weighted by molar-refractivity contribution is 5.79. The third kappa shape index (κ3) is 4.40. The van der Waals surface area contributed by atoms with E-state index in [1.807, 2.05) is 0 Å². The molecule has 3 nitrogen and oxygen atoms in total. The number of halogens is 4. The Hall–Kier alpha value is -2.31. The molecule has 1 aromatic rings. The highest BCUT2D eigenvalue weighted by Crippen LogP contribution is 2.59. The van der Waals surface area contributed by atoms with Crippen LogP contribution in [0, 0.1) is 23.2 Å². The number of aliphatic carboxylic acids is 1. The van der Waals surface area contributed by atoms with Gasteiger partial charge < -0.3 is 9.84 Å². The van der Waals surface area contributed by atoms with Gasteiger partial charge in [-0.25, -0.2) is 4.39 Å². The number of hydrogen-bond donors (Lipinski definition) is 1. The highest BCUT2D eigenvalue weighted by Gasteiger charge is 2.66. The van der Waals surface area contributed by atoms with E-state index >= 15 is 4.39 Å². The van der Waals surface area contributed by atoms with E-state index in [9.17, 15) is 23.1 Å². The van der Waals surface area contributed by atoms with Gasteiger partial charge in [0.05, 0.1) is 12.5 Å². The van der Waals surface area contributed by atoms with Gasteiger partial charge in [-0.3, -0.25) is 4.79 Å². The van der Waals surface area contributed by atoms with Crippen LogP contribution in [0.5, 0.6) is 0 Å². The first-order valence-electron chi connectivity index (χ1n) is 10.1. The molecule has 30 heavy (non-hydrogen) atoms. The van der Waals surface area contributed by atoms with E-state index in [1.165, 1.54) is 0 Å². The molecule has 0 heterocycles. The lowest BCUT2D eigenvalue weighted by molar-refractivity contribution is -0.240. The maximum Gasteiger partial charge on any atom is 0.401 e. The summed E-state index contributed by atoms with van der Waals surface area (Å²) in [7, 11) is 0. The van der Waals surface area contributed by atoms with Crippen LogP contribution in [0.15, 0.2) is 48.0 Å². The molecule has 1 N–H and O–H groups in total. The second-order valence-electron chi connectivity index (χ2n) is 8.62. The first-order chi connectivity index (χ1) is 14.1. The van der Waals surface area contributed by atoms with E-state index in [2.05, 4.69) is 0 Å². The van der Waals surface area contributed by atoms with Crippen LogP contribution in [0.25, 0.3) is 5.57 Å². The van der Waals surface area contributed by atoms with Crippen molar-refractivity contribution in [2.45, 2.75) is 45.7 Å². The van der Waals surface area contributed by atoms with E-state index in [0.29, 0.717) is 5.56 Å². The Labute approximate surface area is 173 Å². The van der Waals surface area contributed by atoms with Crippen molar-refractivity contribution in [2.75, 3.05) is 6.61 Å². The van der Waals surface area contributed by atoms with Crippen LogP contribution < -0.4 is 0 Å². The summed E-state index contributed by atoms with van der Waals surface area (Å²) in [6.45, 7) is 3.50. The zero-order valence-corrected chi connectivity index (χ0v) is 17.0. The first-order valence-corrected chi connectivity index (χ1v) is 10.1. The molecule has 1 aromatic carbocycles. The maximum absolute atomic E-state index is 15.4. The molecular formula is C23H26F4O3. The van der Waals surface area contributed by atoms with Gasteiger partial charge in [-0.15, -0.1) is 0 Å². The smallest absolute Gasteiger partial charge is 0.401 e. The van der Waals surface area contributed by atoms with E-state index in [0.717, 1.165) is 18.9 Å². The number of carboxylic acid groups (broad SMARTS) is 1. The normalized spacial score (nSPS) is 23.4. The Kier molecular flexibility index (Phi) is 6.29. The zero-order valence-electron chi connectivity index (χ0n) is 17.0. The van der Waals surface area contributed by atoms with Gasteiger partial charge in [0.25, 0.3) is 0 Å². The standard InChI is InChI=1S/C23H26F4O3/c1-14(2)10-18(21(28)29)22(23(25,26)27)12-19(30-13-15-8-9-15)17(11-20(22)24)16-6-4-3-5-7-16/h3-7,11,14-15,18H,8-10,12-13H2,1-2H3,(H,28,29). The molecule has 0 aromatic heterocycles. The van der Waals surface area contributed by atoms with E-state index in [1.54, 1.807) is 44.2 Å². The number of alkyl halides is 3. The van der Waals surface area contributed by atoms with Crippen LogP contribution in [0.2, 0.25) is 0 Å². The predicted octanol–water partition coefficient (Wildman–Crippen LogP) is 6.38. The van der Waals surface area contributed by atoms with Gasteiger partial charge >= 0.3 is 12.1 Å². The van der Waals surface area contributed by atoms with Gasteiger partial charge in [0.2, 0.25) is 0 Å². The van der Waals surface area contributed by atoms with Gasteiger partial charge in [0, 0.05) is 12.0 Å². The van der Waals surface area contributed by atoms with Crippen molar-refractivity contribution in [1.82, 2.24) is 0 Å². The third-order valence-corrected chi connectivity index (χ3v) is 5.82. The predicted molar refractivity (Wildman–Crippen MR) is 105 cm³/mol. The monoisotopic (exact) mass is 426 g/mol. The Morgan fingerprint density at radius 2 is 1.87 bits per heavy atom. The van der Waals surface area contributed by atoms with Gasteiger partial charge in [0.1, 0.15) is 17.0 Å². The van der Waals surface area contributed by atoms with Crippen molar-refractivity contribution in [3.8, 4) is 0 Å². The number of ether oxygens (including phenoxy) is 1. The number of allylic oxidation sites excluding steroid dienone is 4. The molecule has 0 spiro atoms. The Balaban J connectivity index is 2.12. The third-order valence-electron chi connectivity index (χ3n) is 5.82. The minimum atomic E-state index is -5.10. The second-order valence-corrected chi connectivity index (χ2v) is 8.62. The molecule has 2 atom stereocenters. The molecule has 7 heteroatoms. The molecule has 1 fully saturated rings. The summed E-state index contributed by atoms with van der Waals surface area (Å²) in [5.74, 6) is -5.16. The van der Waals surface area contributed by atoms with Gasteiger partial charge in [-0.1, -0.05) is 44.2 Å². The van der Waals surface area contributed by atoms with Crippen molar-refractivity contribution in [3.63, 3.8) is 0 Å². The van der Waals surface area contributed by atoms with Crippen molar-refractivity contribution in [1.29, 1.82) is 0 Å². The number of rotatable bonds is 8. The molecule has 0 radical (unpaired) electrons. The molecule has 0 aliphatic heterocycles. The van der Waals surface area contributed by atoms with E-state index in [-0.39, 0.29) is 36.2 Å². The molecule has 1 saturated carbocycles. The molecule has 2 unspecified atom stereocenters. The lowest BCUT2D eigenvalue weighted by Gasteiger charge is -2.42. The highest BCUT2D eigenvalue weighted by atomic mass is 19.4. The van der Waals surface area contributed by atoms with Crippen molar-refractivity contribution >= 4 is 11.5 Å². The van der Waals surface area contributed by atoms with E-state index < -0.39 is 35.7 Å². The summed E-state index contributed by atoms with van der Waals surface area (Å²) >= 11 is 0. The number of carbonyl (C=O) groups is 1. The van der Waals surface area contributed by atoms with Crippen molar-refractivity contribution in [3.05, 3.63) is 53.6 Å². The van der Waals surface area contributed by atoms with Gasteiger partial charge in [-0.2, -0.15) is 13.2 Å². The minimum absolute atomic E-state index is 0.00170. The lowest BCUT2D eigenvalue weighted by atomic mass is 9.65. The Morgan fingerprint density at radius 3 is 2.37 bits per heavy atom. The summed E-state index contributed by atoms with van der Waals surface area (Å²) in [5, 5.41) is 9.67. The van der Waals surface area contributed by atoms with Crippen LogP contribution in [-0.4, -0.2) is 23.9 Å². The molecule has 164 valence electrons. The Bertz CT molecular complexity index is 838. The van der Waals surface area contributed by atoms with Gasteiger partial charge in [-0.05, 0) is 42.7 Å². The molecule has 0 saturated heterocycles. The average Bonchev–Trinajstić information content (AvgIpc) is 3.49. The van der Waals surface area contributed by atoms with Crippen LogP contribution in [0.1, 0.15) is 45.1 Å². The van der Waals surface area contributed by atoms with Crippen LogP contribution >= 0.6 is 0 Å². The van der Waals surface area contributed by atoms with Crippen molar-refractivity contribution < 1.29 is 32.2 Å². The SMILES string of the molecule is CC(C)CC(C(=O)O)C1(C(F)(F)F)CC(OCC2CC2)=C(c2ccccc2)C=C1F. The fourth-order valence-electron chi connectivity index (χ4n) is 3.97. The van der Waals surface area contributed by atoms with Gasteiger partial charge in [0.15, 0.2) is 0 Å². The summed E-state index contributed by atoms with van der Waals surface area (Å²) in [4.78, 5) is 11.9. The molecule has 0 bridgehead atoms. The summed E-state index contributed by atoms with van der Waals surface area (Å²) in [6, 6.07) is 8.50. The molecular weight excluding hydrogens is 400 g/mol. The maximum atomic E-state index is 15.4. The minimum Gasteiger partial charge on any atom is -0.497 e. The van der Waals surface area contributed by atoms with Crippen LogP contribution in [0.4, 0.5) is 17.6 Å². The largest absolute Gasteiger partial charge is 0.497 e. The summed E-state index contributed by atoms with van der Waals surface area (Å²) in [5.41, 5.74) is -2.38. The number of benzene rings is 1. The van der Waals surface area contributed by atoms with Crippen molar-refractivity contribution in [2.24, 2.45) is 23.2 Å². The molecule has 2 aliphatic carbocycles.